The summed E-state index contributed by atoms with van der Waals surface area (Å²) in [4.78, 5) is 2.54. The molecule has 4 unspecified atom stereocenters. The van der Waals surface area contributed by atoms with Gasteiger partial charge in [-0.25, -0.2) is 0 Å². The third kappa shape index (κ3) is 4.67. The summed E-state index contributed by atoms with van der Waals surface area (Å²) in [6, 6.07) is 13.5. The van der Waals surface area contributed by atoms with E-state index in [4.69, 9.17) is 9.50 Å². The summed E-state index contributed by atoms with van der Waals surface area (Å²) in [6.07, 6.45) is 15.9. The molecule has 0 amide bonds. The molecule has 4 aliphatic heterocycles. The molecule has 1 aliphatic carbocycles. The van der Waals surface area contributed by atoms with Gasteiger partial charge in [0, 0.05) is 0 Å². The van der Waals surface area contributed by atoms with E-state index < -0.39 is 13.1 Å². The van der Waals surface area contributed by atoms with Crippen LogP contribution in [0.4, 0.5) is 11.5 Å². The minimum absolute atomic E-state index is 0.00595. The minimum atomic E-state index is -2.97. The molecule has 6 heteroatoms. The Kier molecular flexibility index (Phi) is 6.80. The van der Waals surface area contributed by atoms with Crippen LogP contribution in [0.25, 0.3) is 5.57 Å². The number of aromatic nitrogens is 1. The Morgan fingerprint density at radius 1 is 1.02 bits per heavy atom. The molecule has 1 N–H and O–H groups in total. The van der Waals surface area contributed by atoms with Crippen molar-refractivity contribution in [1.29, 1.82) is 0 Å². The van der Waals surface area contributed by atoms with E-state index in [1.807, 2.05) is 0 Å². The number of hydrogen-bond donors (Lipinski definition) is 1. The first-order valence-electron chi connectivity index (χ1n) is 16.9. The van der Waals surface area contributed by atoms with Crippen molar-refractivity contribution in [3.63, 3.8) is 0 Å². The Hall–Kier alpha value is -3.43. The first-order valence-corrected chi connectivity index (χ1v) is 19.0. The van der Waals surface area contributed by atoms with Crippen LogP contribution in [0.1, 0.15) is 80.4 Å². The predicted molar refractivity (Wildman–Crippen MR) is 196 cm³/mol. The molecule has 7 rings (SSSR count). The summed E-state index contributed by atoms with van der Waals surface area (Å²) in [5.41, 5.74) is 6.56. The van der Waals surface area contributed by atoms with Crippen LogP contribution in [-0.2, 0) is 10.2 Å². The zero-order chi connectivity index (χ0) is 33.0. The van der Waals surface area contributed by atoms with Gasteiger partial charge in [-0.1, -0.05) is 0 Å². The van der Waals surface area contributed by atoms with Crippen LogP contribution in [-0.4, -0.2) is 35.2 Å². The number of rotatable bonds is 0. The fourth-order valence-electron chi connectivity index (χ4n) is 8.06. The van der Waals surface area contributed by atoms with Gasteiger partial charge < -0.3 is 0 Å². The second kappa shape index (κ2) is 10.0. The molecule has 1 aromatic carbocycles. The van der Waals surface area contributed by atoms with E-state index in [0.717, 1.165) is 29.2 Å². The van der Waals surface area contributed by atoms with E-state index in [9.17, 15) is 0 Å². The number of para-hydroxylation sites is 1. The van der Waals surface area contributed by atoms with E-state index in [0.29, 0.717) is 0 Å². The Labute approximate surface area is 277 Å². The molecule has 2 bridgehead atoms. The molecule has 242 valence electrons. The van der Waals surface area contributed by atoms with Gasteiger partial charge in [-0.15, -0.1) is 0 Å². The van der Waals surface area contributed by atoms with E-state index in [1.54, 1.807) is 0 Å². The van der Waals surface area contributed by atoms with E-state index in [1.165, 1.54) is 22.8 Å². The second-order valence-electron chi connectivity index (χ2n) is 17.2. The number of nitrogens with zero attached hydrogens (tertiary/aromatic N) is 3. The topological polar surface area (TPSA) is 40.7 Å². The Bertz CT molecular complexity index is 1790. The van der Waals surface area contributed by atoms with Crippen LogP contribution in [0.15, 0.2) is 102 Å². The van der Waals surface area contributed by atoms with Crippen LogP contribution in [0.3, 0.4) is 0 Å². The zero-order valence-electron chi connectivity index (χ0n) is 29.4. The fraction of sp³-hybridized carbons (Fsp3) is 0.450. The fourth-order valence-corrected chi connectivity index (χ4v) is 13.9. The third-order valence-electron chi connectivity index (χ3n) is 10.7. The Morgan fingerprint density at radius 3 is 2.46 bits per heavy atom. The SMILES string of the molecule is C=C1/C=C\C2OC3=CC=CC4(C)N/C(C(C)(C)C)=C\C(C(C)(C)C)=N\[PH]5(C2CN(c2ccccc21)c1cc(C(C)(C)C)cc[n+]15)C34. The van der Waals surface area contributed by atoms with Crippen molar-refractivity contribution in [3.8, 4) is 0 Å². The van der Waals surface area contributed by atoms with Gasteiger partial charge in [-0.3, -0.25) is 0 Å². The van der Waals surface area contributed by atoms with Crippen LogP contribution >= 0.6 is 7.56 Å². The van der Waals surface area contributed by atoms with Crippen molar-refractivity contribution in [1.82, 2.24) is 5.32 Å². The van der Waals surface area contributed by atoms with E-state index >= 15 is 0 Å². The average Bonchev–Trinajstić information content (AvgIpc) is 3.01. The molecule has 1 fully saturated rings. The molecule has 5 heterocycles. The molecule has 46 heavy (non-hydrogen) atoms. The molecular weight excluding hydrogens is 583 g/mol. The van der Waals surface area contributed by atoms with Crippen molar-refractivity contribution >= 4 is 30.4 Å². The van der Waals surface area contributed by atoms with Crippen molar-refractivity contribution < 1.29 is 9.07 Å². The van der Waals surface area contributed by atoms with E-state index in [-0.39, 0.29) is 33.7 Å². The van der Waals surface area contributed by atoms with Crippen LogP contribution in [0.2, 0.25) is 0 Å². The Balaban J connectivity index is 1.65. The zero-order valence-corrected chi connectivity index (χ0v) is 30.4. The van der Waals surface area contributed by atoms with Crippen molar-refractivity contribution in [2.75, 3.05) is 11.4 Å². The quantitative estimate of drug-likeness (QED) is 0.294. The second-order valence-corrected chi connectivity index (χ2v) is 20.8. The number of hydrogen-bond acceptors (Lipinski definition) is 4. The molecular formula is C40H52N4OP+. The molecule has 1 saturated heterocycles. The maximum absolute atomic E-state index is 7.16. The predicted octanol–water partition coefficient (Wildman–Crippen LogP) is 8.80. The van der Waals surface area contributed by atoms with Gasteiger partial charge in [0.1, 0.15) is 0 Å². The standard InChI is InChI=1S/C40H52N4OP/c1-26-18-19-30-32-25-43(29-16-13-12-15-28(26)29)35-23-27(37(2,3)4)20-22-44(35)46(32)36-31(45-30)17-14-21-40(36,11)41-33(38(5,6)7)24-34(42-46)39(8,9)10/h12-24,30,32,36,41,46H,1,25H2,2-11H3/q+1/b19-18-,33-24-,42-34-. The summed E-state index contributed by atoms with van der Waals surface area (Å²) in [5.74, 6) is 2.25. The normalized spacial score (nSPS) is 31.5. The van der Waals surface area contributed by atoms with Gasteiger partial charge in [-0.05, 0) is 0 Å². The molecule has 5 nitrogen and oxygen atoms in total. The number of fused-ring (bicyclic) bond motifs is 5. The van der Waals surface area contributed by atoms with Gasteiger partial charge >= 0.3 is 278 Å². The van der Waals surface area contributed by atoms with Gasteiger partial charge in [0.05, 0.1) is 0 Å². The van der Waals surface area contributed by atoms with Gasteiger partial charge in [0.15, 0.2) is 0 Å². The molecule has 1 aromatic heterocycles. The van der Waals surface area contributed by atoms with Crippen LogP contribution < -0.4 is 14.6 Å². The maximum atomic E-state index is 7.16. The number of benzene rings is 1. The van der Waals surface area contributed by atoms with Crippen molar-refractivity contribution in [2.24, 2.45) is 15.6 Å². The molecule has 0 radical (unpaired) electrons. The molecule has 2 aromatic rings. The monoisotopic (exact) mass is 635 g/mol. The average molecular weight is 636 g/mol. The summed E-state index contributed by atoms with van der Waals surface area (Å²) in [5, 5.41) is 4.15. The number of nitrogens with one attached hydrogen (secondary N) is 1. The first-order chi connectivity index (χ1) is 21.4. The number of allylic oxidation sites excluding steroid dienone is 6. The summed E-state index contributed by atoms with van der Waals surface area (Å²) < 4.78 is 16.1. The molecule has 5 aliphatic rings. The van der Waals surface area contributed by atoms with Gasteiger partial charge in [0.25, 0.3) is 0 Å². The van der Waals surface area contributed by atoms with Crippen LogP contribution in [0, 0.1) is 10.8 Å². The van der Waals surface area contributed by atoms with Gasteiger partial charge in [-0.2, -0.15) is 0 Å². The number of ether oxygens (including phenoxy) is 1. The van der Waals surface area contributed by atoms with Gasteiger partial charge in [0.2, 0.25) is 0 Å². The van der Waals surface area contributed by atoms with Crippen LogP contribution in [0.5, 0.6) is 0 Å². The van der Waals surface area contributed by atoms with E-state index in [2.05, 4.69) is 169 Å². The number of pyridine rings is 1. The molecule has 4 atom stereocenters. The summed E-state index contributed by atoms with van der Waals surface area (Å²) in [7, 11) is -2.97. The number of anilines is 2. The Morgan fingerprint density at radius 2 is 1.76 bits per heavy atom. The summed E-state index contributed by atoms with van der Waals surface area (Å²) >= 11 is 0. The third-order valence-corrected chi connectivity index (χ3v) is 15.7. The molecule has 1 spiro atoms. The van der Waals surface area contributed by atoms with Crippen molar-refractivity contribution in [2.45, 2.75) is 97.6 Å². The molecule has 0 saturated carbocycles. The van der Waals surface area contributed by atoms with Crippen molar-refractivity contribution in [3.05, 3.63) is 108 Å². The summed E-state index contributed by atoms with van der Waals surface area (Å²) in [6.45, 7) is 28.5. The first kappa shape index (κ1) is 31.2.